The molecule has 0 saturated carbocycles. The van der Waals surface area contributed by atoms with Crippen LogP contribution in [0.2, 0.25) is 0 Å². The maximum atomic E-state index is 4.31. The molecule has 0 fully saturated rings. The molecule has 1 aliphatic rings. The lowest BCUT2D eigenvalue weighted by molar-refractivity contribution is 0.390. The molecule has 2 nitrogen and oxygen atoms in total. The van der Waals surface area contributed by atoms with Gasteiger partial charge >= 0.3 is 0 Å². The van der Waals surface area contributed by atoms with Gasteiger partial charge < -0.3 is 0 Å². The largest absolute Gasteiger partial charge is 0.269 e. The van der Waals surface area contributed by atoms with Crippen molar-refractivity contribution >= 4 is 0 Å². The summed E-state index contributed by atoms with van der Waals surface area (Å²) in [6, 6.07) is 0. The number of nitrogens with zero attached hydrogens (tertiary/aromatic N) is 2. The lowest BCUT2D eigenvalue weighted by atomic mass is 9.97. The molecule has 0 N–H and O–H groups in total. The Balaban J connectivity index is 2.37. The van der Waals surface area contributed by atoms with Crippen molar-refractivity contribution in [2.24, 2.45) is 5.92 Å². The summed E-state index contributed by atoms with van der Waals surface area (Å²) in [6.07, 6.45) is 4.48. The monoisotopic (exact) mass is 150 g/mol. The highest BCUT2D eigenvalue weighted by molar-refractivity contribution is 5.17. The molecular weight excluding hydrogens is 136 g/mol. The Bertz CT molecular complexity index is 263. The van der Waals surface area contributed by atoms with Crippen molar-refractivity contribution in [2.75, 3.05) is 0 Å². The van der Waals surface area contributed by atoms with Gasteiger partial charge in [0, 0.05) is 12.2 Å². The first-order valence-electron chi connectivity index (χ1n) is 4.28. The minimum Gasteiger partial charge on any atom is -0.269 e. The average molecular weight is 150 g/mol. The van der Waals surface area contributed by atoms with Crippen LogP contribution in [0, 0.1) is 12.8 Å². The van der Waals surface area contributed by atoms with Crippen LogP contribution < -0.4 is 0 Å². The second kappa shape index (κ2) is 2.36. The smallest absolute Gasteiger partial charge is 0.0521 e. The van der Waals surface area contributed by atoms with Gasteiger partial charge in [0.15, 0.2) is 0 Å². The van der Waals surface area contributed by atoms with Gasteiger partial charge in [0.25, 0.3) is 0 Å². The van der Waals surface area contributed by atoms with Gasteiger partial charge in [-0.05, 0) is 31.2 Å². The molecule has 11 heavy (non-hydrogen) atoms. The Morgan fingerprint density at radius 1 is 1.64 bits per heavy atom. The SMILES string of the molecule is Cc1cnn2c1C[C@H](C)CC2. The summed E-state index contributed by atoms with van der Waals surface area (Å²) >= 11 is 0. The van der Waals surface area contributed by atoms with Gasteiger partial charge in [-0.2, -0.15) is 5.10 Å². The topological polar surface area (TPSA) is 17.8 Å². The number of rotatable bonds is 0. The van der Waals surface area contributed by atoms with E-state index in [-0.39, 0.29) is 0 Å². The number of aromatic nitrogens is 2. The minimum absolute atomic E-state index is 0.845. The molecule has 0 aromatic carbocycles. The Labute approximate surface area is 67.2 Å². The standard InChI is InChI=1S/C9H14N2/c1-7-3-4-11-9(5-7)8(2)6-10-11/h6-7H,3-5H2,1-2H3/t7-/m1/s1. The van der Waals surface area contributed by atoms with Gasteiger partial charge in [-0.25, -0.2) is 0 Å². The summed E-state index contributed by atoms with van der Waals surface area (Å²) in [5.41, 5.74) is 2.81. The molecule has 1 aliphatic heterocycles. The lowest BCUT2D eigenvalue weighted by Gasteiger charge is -2.20. The molecule has 2 rings (SSSR count). The lowest BCUT2D eigenvalue weighted by Crippen LogP contribution is -2.18. The normalized spacial score (nSPS) is 23.3. The molecule has 2 heterocycles. The highest BCUT2D eigenvalue weighted by Gasteiger charge is 2.16. The quantitative estimate of drug-likeness (QED) is 0.551. The van der Waals surface area contributed by atoms with Crippen LogP contribution in [-0.2, 0) is 13.0 Å². The number of aryl methyl sites for hydroxylation is 2. The van der Waals surface area contributed by atoms with Gasteiger partial charge in [0.2, 0.25) is 0 Å². The summed E-state index contributed by atoms with van der Waals surface area (Å²) in [5, 5.41) is 4.31. The molecule has 0 radical (unpaired) electrons. The van der Waals surface area contributed by atoms with E-state index >= 15 is 0 Å². The zero-order valence-corrected chi connectivity index (χ0v) is 7.17. The van der Waals surface area contributed by atoms with Crippen LogP contribution in [0.4, 0.5) is 0 Å². The zero-order valence-electron chi connectivity index (χ0n) is 7.17. The molecule has 60 valence electrons. The third-order valence-corrected chi connectivity index (χ3v) is 2.53. The fourth-order valence-corrected chi connectivity index (χ4v) is 1.74. The van der Waals surface area contributed by atoms with E-state index in [9.17, 15) is 0 Å². The van der Waals surface area contributed by atoms with Crippen LogP contribution in [0.25, 0.3) is 0 Å². The highest BCUT2D eigenvalue weighted by Crippen LogP contribution is 2.21. The second-order valence-corrected chi connectivity index (χ2v) is 3.60. The van der Waals surface area contributed by atoms with Crippen LogP contribution in [0.1, 0.15) is 24.6 Å². The fourth-order valence-electron chi connectivity index (χ4n) is 1.74. The summed E-state index contributed by atoms with van der Waals surface area (Å²) in [4.78, 5) is 0. The Morgan fingerprint density at radius 3 is 3.27 bits per heavy atom. The first-order chi connectivity index (χ1) is 5.27. The van der Waals surface area contributed by atoms with Gasteiger partial charge in [-0.1, -0.05) is 6.92 Å². The molecule has 0 unspecified atom stereocenters. The molecule has 2 heteroatoms. The Kier molecular flexibility index (Phi) is 1.48. The Morgan fingerprint density at radius 2 is 2.45 bits per heavy atom. The second-order valence-electron chi connectivity index (χ2n) is 3.60. The van der Waals surface area contributed by atoms with E-state index in [1.165, 1.54) is 24.1 Å². The molecule has 0 bridgehead atoms. The Hall–Kier alpha value is -0.790. The third-order valence-electron chi connectivity index (χ3n) is 2.53. The van der Waals surface area contributed by atoms with Gasteiger partial charge in [-0.15, -0.1) is 0 Å². The van der Waals surface area contributed by atoms with E-state index in [0.29, 0.717) is 0 Å². The van der Waals surface area contributed by atoms with Crippen molar-refractivity contribution in [1.29, 1.82) is 0 Å². The number of hydrogen-bond acceptors (Lipinski definition) is 1. The molecule has 1 aromatic rings. The molecular formula is C9H14N2. The fraction of sp³-hybridized carbons (Fsp3) is 0.667. The summed E-state index contributed by atoms with van der Waals surface area (Å²) in [5.74, 6) is 0.845. The van der Waals surface area contributed by atoms with Crippen LogP contribution in [0.3, 0.4) is 0 Å². The van der Waals surface area contributed by atoms with E-state index in [2.05, 4.69) is 23.6 Å². The molecule has 0 spiro atoms. The summed E-state index contributed by atoms with van der Waals surface area (Å²) < 4.78 is 2.15. The summed E-state index contributed by atoms with van der Waals surface area (Å²) in [6.45, 7) is 5.58. The van der Waals surface area contributed by atoms with Gasteiger partial charge in [-0.3, -0.25) is 4.68 Å². The zero-order chi connectivity index (χ0) is 7.84. The molecule has 0 amide bonds. The van der Waals surface area contributed by atoms with Gasteiger partial charge in [0.05, 0.1) is 6.20 Å². The third kappa shape index (κ3) is 1.06. The van der Waals surface area contributed by atoms with Crippen molar-refractivity contribution in [3.8, 4) is 0 Å². The predicted octanol–water partition coefficient (Wildman–Crippen LogP) is 1.77. The minimum atomic E-state index is 0.845. The average Bonchev–Trinajstić information content (AvgIpc) is 2.33. The van der Waals surface area contributed by atoms with Crippen molar-refractivity contribution in [1.82, 2.24) is 9.78 Å². The van der Waals surface area contributed by atoms with Crippen LogP contribution in [0.5, 0.6) is 0 Å². The number of hydrogen-bond donors (Lipinski definition) is 0. The van der Waals surface area contributed by atoms with Crippen molar-refractivity contribution in [3.63, 3.8) is 0 Å². The van der Waals surface area contributed by atoms with Crippen LogP contribution in [-0.4, -0.2) is 9.78 Å². The van der Waals surface area contributed by atoms with Crippen LogP contribution in [0.15, 0.2) is 6.20 Å². The van der Waals surface area contributed by atoms with E-state index in [1.54, 1.807) is 0 Å². The maximum absolute atomic E-state index is 4.31. The molecule has 1 atom stereocenters. The molecule has 1 aromatic heterocycles. The maximum Gasteiger partial charge on any atom is 0.0521 e. The van der Waals surface area contributed by atoms with E-state index < -0.39 is 0 Å². The summed E-state index contributed by atoms with van der Waals surface area (Å²) in [7, 11) is 0. The van der Waals surface area contributed by atoms with E-state index in [4.69, 9.17) is 0 Å². The first-order valence-corrected chi connectivity index (χ1v) is 4.28. The highest BCUT2D eigenvalue weighted by atomic mass is 15.3. The van der Waals surface area contributed by atoms with Crippen molar-refractivity contribution < 1.29 is 0 Å². The molecule has 0 aliphatic carbocycles. The van der Waals surface area contributed by atoms with Crippen LogP contribution >= 0.6 is 0 Å². The predicted molar refractivity (Wildman–Crippen MR) is 44.4 cm³/mol. The van der Waals surface area contributed by atoms with Crippen molar-refractivity contribution in [3.05, 3.63) is 17.5 Å². The van der Waals surface area contributed by atoms with Gasteiger partial charge in [0.1, 0.15) is 0 Å². The molecule has 0 saturated heterocycles. The van der Waals surface area contributed by atoms with Crippen molar-refractivity contribution in [2.45, 2.75) is 33.2 Å². The van der Waals surface area contributed by atoms with E-state index in [0.717, 1.165) is 12.5 Å². The first kappa shape index (κ1) is 6.89. The number of fused-ring (bicyclic) bond motifs is 1. The van der Waals surface area contributed by atoms with E-state index in [1.807, 2.05) is 6.20 Å².